The first-order chi connectivity index (χ1) is 18.9. The fraction of sp³-hybridized carbons (Fsp3) is 0.231. The van der Waals surface area contributed by atoms with Crippen molar-refractivity contribution in [1.29, 1.82) is 0 Å². The molecule has 13 heteroatoms. The van der Waals surface area contributed by atoms with Gasteiger partial charge in [-0.3, -0.25) is 5.32 Å². The van der Waals surface area contributed by atoms with Gasteiger partial charge in [0.2, 0.25) is 5.88 Å². The maximum atomic E-state index is 14.7. The van der Waals surface area contributed by atoms with Crippen molar-refractivity contribution in [3.63, 3.8) is 0 Å². The minimum absolute atomic E-state index is 0.0215. The number of aromatic nitrogens is 5. The average molecular weight is 551 g/mol. The van der Waals surface area contributed by atoms with E-state index in [1.165, 1.54) is 36.9 Å². The number of aliphatic hydroxyl groups is 1. The first kappa shape index (κ1) is 26.1. The number of ether oxygens (including phenoxy) is 3. The van der Waals surface area contributed by atoms with Gasteiger partial charge in [-0.1, -0.05) is 0 Å². The number of rotatable bonds is 9. The van der Waals surface area contributed by atoms with Crippen molar-refractivity contribution >= 4 is 44.4 Å². The van der Waals surface area contributed by atoms with Gasteiger partial charge < -0.3 is 19.3 Å². The molecule has 3 heterocycles. The van der Waals surface area contributed by atoms with Gasteiger partial charge in [0.15, 0.2) is 11.6 Å². The third-order valence-electron chi connectivity index (χ3n) is 5.51. The molecule has 2 N–H and O–H groups in total. The Balaban J connectivity index is 1.24. The van der Waals surface area contributed by atoms with Crippen molar-refractivity contribution in [2.75, 3.05) is 32.2 Å². The topological polar surface area (TPSA) is 141 Å². The summed E-state index contributed by atoms with van der Waals surface area (Å²) in [5.74, 6) is 0.310. The van der Waals surface area contributed by atoms with E-state index in [0.717, 1.165) is 15.8 Å². The average Bonchev–Trinajstić information content (AvgIpc) is 3.34. The highest BCUT2D eigenvalue weighted by Crippen LogP contribution is 2.37. The summed E-state index contributed by atoms with van der Waals surface area (Å²) in [6.07, 6.45) is 3.95. The normalized spacial score (nSPS) is 11.1. The van der Waals surface area contributed by atoms with Gasteiger partial charge in [-0.15, -0.1) is 11.3 Å². The summed E-state index contributed by atoms with van der Waals surface area (Å²) < 4.78 is 31.3. The number of methoxy groups -OCH3 is 1. The van der Waals surface area contributed by atoms with Crippen LogP contribution in [0.3, 0.4) is 0 Å². The molecule has 11 nitrogen and oxygen atoms in total. The zero-order valence-corrected chi connectivity index (χ0v) is 21.8. The number of carbonyl (C=O) groups excluding carboxylic acids is 1. The van der Waals surface area contributed by atoms with Crippen molar-refractivity contribution in [1.82, 2.24) is 24.9 Å². The lowest BCUT2D eigenvalue weighted by atomic mass is 10.1. The van der Waals surface area contributed by atoms with Crippen LogP contribution in [0.2, 0.25) is 0 Å². The van der Waals surface area contributed by atoms with Crippen LogP contribution < -0.4 is 14.8 Å². The number of hydrogen-bond acceptors (Lipinski definition) is 11. The van der Waals surface area contributed by atoms with Crippen LogP contribution >= 0.6 is 11.3 Å². The zero-order valence-electron chi connectivity index (χ0n) is 21.0. The lowest BCUT2D eigenvalue weighted by Crippen LogP contribution is -2.18. The predicted molar refractivity (Wildman–Crippen MR) is 143 cm³/mol. The highest BCUT2D eigenvalue weighted by Gasteiger charge is 2.16. The number of nitrogens with zero attached hydrogens (tertiary/aromatic N) is 5. The van der Waals surface area contributed by atoms with E-state index in [9.17, 15) is 9.18 Å². The van der Waals surface area contributed by atoms with Crippen molar-refractivity contribution in [3.8, 4) is 22.2 Å². The summed E-state index contributed by atoms with van der Waals surface area (Å²) >= 11 is 1.38. The van der Waals surface area contributed by atoms with E-state index in [4.69, 9.17) is 19.3 Å². The number of hydrogen-bond donors (Lipinski definition) is 2. The number of fused-ring (bicyclic) bond motifs is 2. The van der Waals surface area contributed by atoms with Crippen LogP contribution in [0.25, 0.3) is 31.8 Å². The van der Waals surface area contributed by atoms with Crippen LogP contribution in [0.4, 0.5) is 14.9 Å². The molecule has 0 radical (unpaired) electrons. The molecule has 0 saturated heterocycles. The second kappa shape index (κ2) is 11.5. The number of thiazole rings is 1. The number of aryl methyl sites for hydroxylation is 1. The molecular formula is C26H23FN6O5S. The molecule has 0 spiro atoms. The fourth-order valence-corrected chi connectivity index (χ4v) is 4.75. The minimum Gasteiger partial charge on any atom is -0.487 e. The monoisotopic (exact) mass is 550 g/mol. The van der Waals surface area contributed by atoms with E-state index >= 15 is 0 Å². The van der Waals surface area contributed by atoms with Crippen LogP contribution in [-0.4, -0.2) is 63.1 Å². The van der Waals surface area contributed by atoms with E-state index in [1.807, 2.05) is 19.1 Å². The maximum absolute atomic E-state index is 14.7. The van der Waals surface area contributed by atoms with Crippen molar-refractivity contribution in [3.05, 3.63) is 60.1 Å². The molecule has 39 heavy (non-hydrogen) atoms. The Morgan fingerprint density at radius 3 is 2.64 bits per heavy atom. The number of halogens is 1. The molecule has 3 aromatic heterocycles. The Kier molecular flexibility index (Phi) is 7.70. The highest BCUT2D eigenvalue weighted by atomic mass is 32.1. The molecule has 200 valence electrons. The molecule has 5 rings (SSSR count). The van der Waals surface area contributed by atoms with Crippen LogP contribution in [0.15, 0.2) is 42.9 Å². The molecule has 0 bridgehead atoms. The third-order valence-corrected chi connectivity index (χ3v) is 6.56. The Hall–Kier alpha value is -4.49. The third kappa shape index (κ3) is 5.99. The molecule has 0 aliphatic rings. The molecule has 0 unspecified atom stereocenters. The Bertz CT molecular complexity index is 1650. The number of amides is 1. The summed E-state index contributed by atoms with van der Waals surface area (Å²) in [4.78, 5) is 33.6. The van der Waals surface area contributed by atoms with Crippen molar-refractivity contribution < 1.29 is 28.5 Å². The lowest BCUT2D eigenvalue weighted by Gasteiger charge is -2.09. The standard InChI is InChI=1S/C26H23FN6O5S/c1-14-7-16(24-19(8-14)32-23(36-2)13-30-24)25-33-18-9-17(27)20(10-21(18)39-25)37-5-6-38-26(35)31-15-11-28-22(3-4-34)29-12-15/h7-13,34H,3-6H2,1-2H3,(H,31,35). The second-order valence-electron chi connectivity index (χ2n) is 8.33. The summed E-state index contributed by atoms with van der Waals surface area (Å²) in [6, 6.07) is 6.76. The summed E-state index contributed by atoms with van der Waals surface area (Å²) in [5.41, 5.74) is 3.93. The number of carbonyl (C=O) groups is 1. The van der Waals surface area contributed by atoms with Gasteiger partial charge in [-0.2, -0.15) is 0 Å². The van der Waals surface area contributed by atoms with E-state index in [2.05, 4.69) is 30.2 Å². The summed E-state index contributed by atoms with van der Waals surface area (Å²) in [5, 5.41) is 12.1. The molecule has 0 atom stereocenters. The van der Waals surface area contributed by atoms with Gasteiger partial charge in [0.05, 0.1) is 59.2 Å². The maximum Gasteiger partial charge on any atom is 0.411 e. The molecule has 1 amide bonds. The zero-order chi connectivity index (χ0) is 27.4. The fourth-order valence-electron chi connectivity index (χ4n) is 3.75. The quantitative estimate of drug-likeness (QED) is 0.255. The van der Waals surface area contributed by atoms with E-state index in [-0.39, 0.29) is 25.6 Å². The van der Waals surface area contributed by atoms with Gasteiger partial charge in [0.1, 0.15) is 24.0 Å². The smallest absolute Gasteiger partial charge is 0.411 e. The van der Waals surface area contributed by atoms with Crippen LogP contribution in [0, 0.1) is 12.7 Å². The first-order valence-electron chi connectivity index (χ1n) is 11.8. The van der Waals surface area contributed by atoms with Gasteiger partial charge in [0, 0.05) is 24.1 Å². The summed E-state index contributed by atoms with van der Waals surface area (Å²) in [6.45, 7) is 1.71. The molecule has 0 aliphatic heterocycles. The van der Waals surface area contributed by atoms with Gasteiger partial charge >= 0.3 is 6.09 Å². The highest BCUT2D eigenvalue weighted by molar-refractivity contribution is 7.21. The van der Waals surface area contributed by atoms with Crippen molar-refractivity contribution in [2.45, 2.75) is 13.3 Å². The molecule has 0 aliphatic carbocycles. The summed E-state index contributed by atoms with van der Waals surface area (Å²) in [7, 11) is 1.53. The van der Waals surface area contributed by atoms with E-state index in [1.54, 1.807) is 12.3 Å². The number of aliphatic hydroxyl groups excluding tert-OH is 1. The Labute approximate surface area is 225 Å². The Morgan fingerprint density at radius 2 is 1.87 bits per heavy atom. The predicted octanol–water partition coefficient (Wildman–Crippen LogP) is 4.31. The van der Waals surface area contributed by atoms with Crippen LogP contribution in [0.5, 0.6) is 11.6 Å². The Morgan fingerprint density at radius 1 is 1.05 bits per heavy atom. The van der Waals surface area contributed by atoms with Crippen LogP contribution in [0.1, 0.15) is 11.4 Å². The molecule has 5 aromatic rings. The molecule has 0 saturated carbocycles. The van der Waals surface area contributed by atoms with Crippen LogP contribution in [-0.2, 0) is 11.2 Å². The number of benzene rings is 2. The first-order valence-corrected chi connectivity index (χ1v) is 12.7. The lowest BCUT2D eigenvalue weighted by molar-refractivity contribution is 0.136. The SMILES string of the molecule is COc1cnc2c(-c3nc4cc(F)c(OCCOC(=O)Nc5cnc(CCO)nc5)cc4s3)cc(C)cc2n1. The van der Waals surface area contributed by atoms with Gasteiger partial charge in [-0.05, 0) is 24.6 Å². The van der Waals surface area contributed by atoms with E-state index < -0.39 is 11.9 Å². The molecule has 0 fully saturated rings. The number of anilines is 1. The van der Waals surface area contributed by atoms with Gasteiger partial charge in [-0.25, -0.2) is 34.1 Å². The largest absolute Gasteiger partial charge is 0.487 e. The van der Waals surface area contributed by atoms with E-state index in [0.29, 0.717) is 45.4 Å². The molecular weight excluding hydrogens is 527 g/mol. The van der Waals surface area contributed by atoms with Crippen molar-refractivity contribution in [2.24, 2.45) is 0 Å². The van der Waals surface area contributed by atoms with Gasteiger partial charge in [0.25, 0.3) is 0 Å². The number of nitrogens with one attached hydrogen (secondary N) is 1. The molecule has 2 aromatic carbocycles. The minimum atomic E-state index is -0.730. The second-order valence-corrected chi connectivity index (χ2v) is 9.36.